The first-order chi connectivity index (χ1) is 5.65. The fourth-order valence-corrected chi connectivity index (χ4v) is 1.52. The summed E-state index contributed by atoms with van der Waals surface area (Å²) in [7, 11) is 0. The maximum absolute atomic E-state index is 8.63. The standard InChI is InChI=1S/C10H16O2/c1-7(2)9-5-4-8(3)6-10(9)12-11/h6,8,11H,4-5H2,1-3H3. The molecule has 68 valence electrons. The molecule has 0 aromatic carbocycles. The Morgan fingerprint density at radius 1 is 1.58 bits per heavy atom. The summed E-state index contributed by atoms with van der Waals surface area (Å²) in [5.74, 6) is 1.16. The van der Waals surface area contributed by atoms with Crippen LogP contribution in [-0.4, -0.2) is 5.26 Å². The molecule has 1 aliphatic rings. The van der Waals surface area contributed by atoms with E-state index in [0.717, 1.165) is 18.4 Å². The minimum absolute atomic E-state index is 0.509. The molecule has 0 bridgehead atoms. The first-order valence-electron chi connectivity index (χ1n) is 4.35. The Morgan fingerprint density at radius 3 is 2.75 bits per heavy atom. The van der Waals surface area contributed by atoms with Gasteiger partial charge in [0.15, 0.2) is 5.76 Å². The highest BCUT2D eigenvalue weighted by atomic mass is 17.1. The van der Waals surface area contributed by atoms with Crippen LogP contribution in [0.4, 0.5) is 0 Å². The Hall–Kier alpha value is -0.760. The third-order valence-corrected chi connectivity index (χ3v) is 2.28. The minimum Gasteiger partial charge on any atom is -0.340 e. The van der Waals surface area contributed by atoms with Crippen molar-refractivity contribution in [3.63, 3.8) is 0 Å². The second kappa shape index (κ2) is 3.76. The van der Waals surface area contributed by atoms with E-state index in [4.69, 9.17) is 5.26 Å². The zero-order valence-electron chi connectivity index (χ0n) is 7.92. The van der Waals surface area contributed by atoms with Gasteiger partial charge in [0.2, 0.25) is 0 Å². The average molecular weight is 168 g/mol. The molecule has 0 saturated carbocycles. The normalized spacial score (nSPS) is 23.5. The molecule has 2 nitrogen and oxygen atoms in total. The van der Waals surface area contributed by atoms with Crippen LogP contribution in [0.3, 0.4) is 0 Å². The fraction of sp³-hybridized carbons (Fsp3) is 0.600. The molecule has 1 rings (SSSR count). The van der Waals surface area contributed by atoms with E-state index in [2.05, 4.69) is 11.8 Å². The van der Waals surface area contributed by atoms with Gasteiger partial charge in [-0.1, -0.05) is 12.5 Å². The molecule has 1 atom stereocenters. The quantitative estimate of drug-likeness (QED) is 0.481. The first kappa shape index (κ1) is 9.33. The predicted molar refractivity (Wildman–Crippen MR) is 48.6 cm³/mol. The van der Waals surface area contributed by atoms with E-state index in [1.54, 1.807) is 0 Å². The topological polar surface area (TPSA) is 29.5 Å². The molecule has 0 amide bonds. The predicted octanol–water partition coefficient (Wildman–Crippen LogP) is 3.13. The molecule has 0 saturated heterocycles. The molecule has 0 aliphatic heterocycles. The summed E-state index contributed by atoms with van der Waals surface area (Å²) in [4.78, 5) is 4.34. The van der Waals surface area contributed by atoms with Gasteiger partial charge in [-0.15, -0.1) is 0 Å². The van der Waals surface area contributed by atoms with E-state index >= 15 is 0 Å². The smallest absolute Gasteiger partial charge is 0.164 e. The number of hydrogen-bond acceptors (Lipinski definition) is 2. The molecular formula is C10H16O2. The van der Waals surface area contributed by atoms with Crippen LogP contribution in [-0.2, 0) is 4.89 Å². The lowest BCUT2D eigenvalue weighted by Gasteiger charge is -2.19. The molecule has 1 N–H and O–H groups in total. The summed E-state index contributed by atoms with van der Waals surface area (Å²) in [6.45, 7) is 6.21. The average Bonchev–Trinajstić information content (AvgIpc) is 2.03. The molecule has 0 spiro atoms. The van der Waals surface area contributed by atoms with Crippen molar-refractivity contribution in [1.82, 2.24) is 0 Å². The van der Waals surface area contributed by atoms with Crippen molar-refractivity contribution in [2.24, 2.45) is 5.92 Å². The lowest BCUT2D eigenvalue weighted by Crippen LogP contribution is -2.06. The lowest BCUT2D eigenvalue weighted by atomic mass is 9.90. The van der Waals surface area contributed by atoms with E-state index in [0.29, 0.717) is 11.7 Å². The molecule has 0 heterocycles. The Balaban J connectivity index is 2.93. The van der Waals surface area contributed by atoms with Crippen molar-refractivity contribution in [2.75, 3.05) is 0 Å². The van der Waals surface area contributed by atoms with Crippen LogP contribution < -0.4 is 0 Å². The summed E-state index contributed by atoms with van der Waals surface area (Å²) in [6.07, 6.45) is 4.13. The highest BCUT2D eigenvalue weighted by Gasteiger charge is 2.17. The summed E-state index contributed by atoms with van der Waals surface area (Å²) in [5, 5.41) is 8.63. The van der Waals surface area contributed by atoms with Gasteiger partial charge in [-0.25, -0.2) is 5.26 Å². The molecule has 1 aliphatic carbocycles. The first-order valence-corrected chi connectivity index (χ1v) is 4.35. The van der Waals surface area contributed by atoms with Gasteiger partial charge in [-0.05, 0) is 44.3 Å². The second-order valence-electron chi connectivity index (χ2n) is 3.62. The monoisotopic (exact) mass is 168 g/mol. The van der Waals surface area contributed by atoms with Crippen molar-refractivity contribution in [3.05, 3.63) is 23.0 Å². The van der Waals surface area contributed by atoms with E-state index < -0.39 is 0 Å². The van der Waals surface area contributed by atoms with Crippen molar-refractivity contribution in [1.29, 1.82) is 0 Å². The van der Waals surface area contributed by atoms with Crippen molar-refractivity contribution in [3.8, 4) is 0 Å². The van der Waals surface area contributed by atoms with Crippen LogP contribution in [0.2, 0.25) is 0 Å². The summed E-state index contributed by atoms with van der Waals surface area (Å²) in [6, 6.07) is 0. The molecule has 1 unspecified atom stereocenters. The Labute approximate surface area is 73.5 Å². The Morgan fingerprint density at radius 2 is 2.25 bits per heavy atom. The second-order valence-corrected chi connectivity index (χ2v) is 3.62. The van der Waals surface area contributed by atoms with Gasteiger partial charge in [0.1, 0.15) is 0 Å². The van der Waals surface area contributed by atoms with Gasteiger partial charge in [0, 0.05) is 0 Å². The largest absolute Gasteiger partial charge is 0.340 e. The molecule has 12 heavy (non-hydrogen) atoms. The molecule has 2 heteroatoms. The van der Waals surface area contributed by atoms with Crippen LogP contribution in [0, 0.1) is 5.92 Å². The van der Waals surface area contributed by atoms with Gasteiger partial charge < -0.3 is 4.89 Å². The number of allylic oxidation sites excluding steroid dienone is 3. The van der Waals surface area contributed by atoms with Crippen molar-refractivity contribution in [2.45, 2.75) is 33.6 Å². The van der Waals surface area contributed by atoms with E-state index in [9.17, 15) is 0 Å². The summed E-state index contributed by atoms with van der Waals surface area (Å²) < 4.78 is 0. The van der Waals surface area contributed by atoms with Crippen LogP contribution in [0.5, 0.6) is 0 Å². The van der Waals surface area contributed by atoms with Gasteiger partial charge in [0.05, 0.1) is 0 Å². The lowest BCUT2D eigenvalue weighted by molar-refractivity contribution is -0.201. The van der Waals surface area contributed by atoms with Crippen LogP contribution in [0.1, 0.15) is 33.6 Å². The maximum atomic E-state index is 8.63. The van der Waals surface area contributed by atoms with Gasteiger partial charge in [-0.2, -0.15) is 0 Å². The van der Waals surface area contributed by atoms with Crippen molar-refractivity contribution >= 4 is 0 Å². The zero-order chi connectivity index (χ0) is 9.14. The van der Waals surface area contributed by atoms with Crippen LogP contribution >= 0.6 is 0 Å². The highest BCUT2D eigenvalue weighted by Crippen LogP contribution is 2.29. The Bertz CT molecular complexity index is 222. The van der Waals surface area contributed by atoms with Gasteiger partial charge >= 0.3 is 0 Å². The van der Waals surface area contributed by atoms with Gasteiger partial charge in [-0.3, -0.25) is 0 Å². The number of rotatable bonds is 1. The molecule has 0 aromatic rings. The highest BCUT2D eigenvalue weighted by molar-refractivity contribution is 5.32. The third-order valence-electron chi connectivity index (χ3n) is 2.28. The molecule has 0 fully saturated rings. The number of hydrogen-bond donors (Lipinski definition) is 1. The summed E-state index contributed by atoms with van der Waals surface area (Å²) in [5.41, 5.74) is 2.37. The summed E-state index contributed by atoms with van der Waals surface area (Å²) >= 11 is 0. The minimum atomic E-state index is 0.509. The van der Waals surface area contributed by atoms with Crippen LogP contribution in [0.25, 0.3) is 0 Å². The van der Waals surface area contributed by atoms with Crippen LogP contribution in [0.15, 0.2) is 23.0 Å². The fourth-order valence-electron chi connectivity index (χ4n) is 1.52. The molecular weight excluding hydrogens is 152 g/mol. The maximum Gasteiger partial charge on any atom is 0.164 e. The zero-order valence-corrected chi connectivity index (χ0v) is 7.92. The molecule has 0 radical (unpaired) electrons. The SMILES string of the molecule is CC(C)=C1CCC(C)C=C1OO. The van der Waals surface area contributed by atoms with Gasteiger partial charge in [0.25, 0.3) is 0 Å². The van der Waals surface area contributed by atoms with E-state index in [1.807, 2.05) is 19.9 Å². The Kier molecular flexibility index (Phi) is 2.93. The van der Waals surface area contributed by atoms with E-state index in [1.165, 1.54) is 5.57 Å². The third kappa shape index (κ3) is 1.89. The van der Waals surface area contributed by atoms with Crippen molar-refractivity contribution < 1.29 is 10.1 Å². The van der Waals surface area contributed by atoms with E-state index in [-0.39, 0.29) is 0 Å². The molecule has 0 aromatic heterocycles.